The summed E-state index contributed by atoms with van der Waals surface area (Å²) in [7, 11) is 1.54. The van der Waals surface area contributed by atoms with Crippen LogP contribution in [0.5, 0.6) is 5.75 Å². The molecular formula is C16H16N4O3. The summed E-state index contributed by atoms with van der Waals surface area (Å²) in [5.41, 5.74) is 7.04. The molecule has 0 unspecified atom stereocenters. The highest BCUT2D eigenvalue weighted by molar-refractivity contribution is 5.63. The third-order valence-corrected chi connectivity index (χ3v) is 3.38. The summed E-state index contributed by atoms with van der Waals surface area (Å²) >= 11 is 0. The topological polar surface area (TPSA) is 96.2 Å². The van der Waals surface area contributed by atoms with Crippen molar-refractivity contribution in [1.29, 1.82) is 0 Å². The van der Waals surface area contributed by atoms with Gasteiger partial charge in [-0.25, -0.2) is 4.98 Å². The molecule has 23 heavy (non-hydrogen) atoms. The lowest BCUT2D eigenvalue weighted by Gasteiger charge is -2.11. The molecule has 0 aliphatic heterocycles. The first kappa shape index (κ1) is 14.8. The molecule has 1 aromatic carbocycles. The van der Waals surface area contributed by atoms with Gasteiger partial charge in [0, 0.05) is 13.1 Å². The monoisotopic (exact) mass is 312 g/mol. The summed E-state index contributed by atoms with van der Waals surface area (Å²) in [6, 6.07) is 11.2. The van der Waals surface area contributed by atoms with Crippen LogP contribution < -0.4 is 16.0 Å². The van der Waals surface area contributed by atoms with Crippen molar-refractivity contribution in [3.8, 4) is 17.1 Å². The molecule has 3 aromatic rings. The molecule has 2 aromatic heterocycles. The van der Waals surface area contributed by atoms with Crippen molar-refractivity contribution in [3.63, 3.8) is 0 Å². The highest BCUT2D eigenvalue weighted by atomic mass is 16.5. The van der Waals surface area contributed by atoms with Crippen LogP contribution in [-0.2, 0) is 13.7 Å². The number of nitrogens with zero attached hydrogens (tertiary/aromatic N) is 3. The van der Waals surface area contributed by atoms with Crippen molar-refractivity contribution in [1.82, 2.24) is 14.7 Å². The van der Waals surface area contributed by atoms with Crippen molar-refractivity contribution < 1.29 is 9.26 Å². The van der Waals surface area contributed by atoms with Gasteiger partial charge in [0.25, 0.3) is 5.56 Å². The SMILES string of the molecule is Cc1cc(-c2nc(N)n(C)c(=O)c2OCc2ccccc2)no1. The van der Waals surface area contributed by atoms with Gasteiger partial charge >= 0.3 is 0 Å². The van der Waals surface area contributed by atoms with Gasteiger partial charge in [-0.3, -0.25) is 9.36 Å². The third-order valence-electron chi connectivity index (χ3n) is 3.38. The van der Waals surface area contributed by atoms with Crippen LogP contribution in [0.3, 0.4) is 0 Å². The van der Waals surface area contributed by atoms with Crippen LogP contribution >= 0.6 is 0 Å². The maximum atomic E-state index is 12.5. The lowest BCUT2D eigenvalue weighted by molar-refractivity contribution is 0.299. The van der Waals surface area contributed by atoms with E-state index < -0.39 is 0 Å². The molecule has 0 fully saturated rings. The van der Waals surface area contributed by atoms with Gasteiger partial charge < -0.3 is 15.0 Å². The Morgan fingerprint density at radius 1 is 1.30 bits per heavy atom. The number of aromatic nitrogens is 3. The summed E-state index contributed by atoms with van der Waals surface area (Å²) in [6.45, 7) is 2.00. The van der Waals surface area contributed by atoms with E-state index in [4.69, 9.17) is 15.0 Å². The second kappa shape index (κ2) is 5.96. The molecule has 0 amide bonds. The Morgan fingerprint density at radius 3 is 2.70 bits per heavy atom. The fourth-order valence-corrected chi connectivity index (χ4v) is 2.11. The van der Waals surface area contributed by atoms with E-state index in [1.807, 2.05) is 30.3 Å². The average Bonchev–Trinajstić information content (AvgIpc) is 2.99. The minimum absolute atomic E-state index is 0.0812. The smallest absolute Gasteiger partial charge is 0.297 e. The van der Waals surface area contributed by atoms with E-state index in [-0.39, 0.29) is 29.6 Å². The molecule has 0 spiro atoms. The van der Waals surface area contributed by atoms with Gasteiger partial charge in [-0.2, -0.15) is 0 Å². The van der Waals surface area contributed by atoms with Crippen LogP contribution in [0, 0.1) is 6.92 Å². The van der Waals surface area contributed by atoms with E-state index in [0.717, 1.165) is 5.56 Å². The number of benzene rings is 1. The molecule has 0 saturated heterocycles. The second-order valence-electron chi connectivity index (χ2n) is 5.11. The second-order valence-corrected chi connectivity index (χ2v) is 5.11. The highest BCUT2D eigenvalue weighted by Gasteiger charge is 2.19. The first-order valence-electron chi connectivity index (χ1n) is 7.03. The summed E-state index contributed by atoms with van der Waals surface area (Å²) in [6.07, 6.45) is 0. The predicted molar refractivity (Wildman–Crippen MR) is 84.9 cm³/mol. The maximum Gasteiger partial charge on any atom is 0.297 e. The van der Waals surface area contributed by atoms with Crippen LogP contribution in [0.2, 0.25) is 0 Å². The molecule has 0 radical (unpaired) electrons. The van der Waals surface area contributed by atoms with Crippen molar-refractivity contribution in [2.45, 2.75) is 13.5 Å². The van der Waals surface area contributed by atoms with E-state index in [9.17, 15) is 4.79 Å². The summed E-state index contributed by atoms with van der Waals surface area (Å²) < 4.78 is 12.0. The van der Waals surface area contributed by atoms with Crippen LogP contribution in [0.1, 0.15) is 11.3 Å². The van der Waals surface area contributed by atoms with Crippen LogP contribution in [0.25, 0.3) is 11.4 Å². The lowest BCUT2D eigenvalue weighted by atomic mass is 10.2. The number of nitrogens with two attached hydrogens (primary N) is 1. The van der Waals surface area contributed by atoms with Crippen molar-refractivity contribution in [2.75, 3.05) is 5.73 Å². The average molecular weight is 312 g/mol. The fourth-order valence-electron chi connectivity index (χ4n) is 2.11. The van der Waals surface area contributed by atoms with Crippen molar-refractivity contribution in [3.05, 3.63) is 58.1 Å². The Hall–Kier alpha value is -3.09. The Morgan fingerprint density at radius 2 is 2.04 bits per heavy atom. The van der Waals surface area contributed by atoms with E-state index >= 15 is 0 Å². The predicted octanol–water partition coefficient (Wildman–Crippen LogP) is 1.90. The zero-order chi connectivity index (χ0) is 16.4. The first-order valence-corrected chi connectivity index (χ1v) is 7.03. The number of ether oxygens (including phenoxy) is 1. The summed E-state index contributed by atoms with van der Waals surface area (Å²) in [5, 5.41) is 3.89. The van der Waals surface area contributed by atoms with E-state index in [2.05, 4.69) is 10.1 Å². The van der Waals surface area contributed by atoms with Gasteiger partial charge in [0.2, 0.25) is 11.7 Å². The van der Waals surface area contributed by atoms with Crippen LogP contribution in [0.4, 0.5) is 5.95 Å². The lowest BCUT2D eigenvalue weighted by Crippen LogP contribution is -2.24. The van der Waals surface area contributed by atoms with Gasteiger partial charge in [0.1, 0.15) is 23.8 Å². The fraction of sp³-hybridized carbons (Fsp3) is 0.188. The standard InChI is InChI=1S/C16H16N4O3/c1-10-8-12(19-23-10)13-14(15(21)20(2)16(17)18-13)22-9-11-6-4-3-5-7-11/h3-8H,9H2,1-2H3,(H2,17,18). The summed E-state index contributed by atoms with van der Waals surface area (Å²) in [4.78, 5) is 16.7. The molecule has 3 rings (SSSR count). The van der Waals surface area contributed by atoms with Gasteiger partial charge in [0.15, 0.2) is 0 Å². The molecule has 7 heteroatoms. The van der Waals surface area contributed by atoms with E-state index in [1.54, 1.807) is 13.0 Å². The Labute approximate surface area is 132 Å². The Balaban J connectivity index is 2.03. The number of hydrogen-bond donors (Lipinski definition) is 1. The molecule has 0 aliphatic rings. The normalized spacial score (nSPS) is 10.7. The number of nitrogen functional groups attached to an aromatic ring is 1. The van der Waals surface area contributed by atoms with Gasteiger partial charge in [-0.1, -0.05) is 35.5 Å². The first-order chi connectivity index (χ1) is 11.1. The van der Waals surface area contributed by atoms with Gasteiger partial charge in [0.05, 0.1) is 0 Å². The number of aryl methyl sites for hydroxylation is 1. The Kier molecular flexibility index (Phi) is 3.84. The number of rotatable bonds is 4. The molecule has 0 aliphatic carbocycles. The molecule has 7 nitrogen and oxygen atoms in total. The van der Waals surface area contributed by atoms with Crippen LogP contribution in [-0.4, -0.2) is 14.7 Å². The minimum Gasteiger partial charge on any atom is -0.481 e. The maximum absolute atomic E-state index is 12.5. The van der Waals surface area contributed by atoms with E-state index in [0.29, 0.717) is 11.5 Å². The molecule has 2 N–H and O–H groups in total. The molecule has 118 valence electrons. The molecular weight excluding hydrogens is 296 g/mol. The molecule has 0 atom stereocenters. The number of anilines is 1. The molecule has 0 saturated carbocycles. The minimum atomic E-state index is -0.371. The molecule has 2 heterocycles. The third kappa shape index (κ3) is 2.94. The molecule has 0 bridgehead atoms. The largest absolute Gasteiger partial charge is 0.481 e. The zero-order valence-corrected chi connectivity index (χ0v) is 12.8. The zero-order valence-electron chi connectivity index (χ0n) is 12.8. The van der Waals surface area contributed by atoms with Crippen LogP contribution in [0.15, 0.2) is 45.7 Å². The van der Waals surface area contributed by atoms with Crippen molar-refractivity contribution in [2.24, 2.45) is 7.05 Å². The van der Waals surface area contributed by atoms with Gasteiger partial charge in [-0.05, 0) is 12.5 Å². The quantitative estimate of drug-likeness (QED) is 0.790. The highest BCUT2D eigenvalue weighted by Crippen LogP contribution is 2.26. The Bertz CT molecular complexity index is 884. The summed E-state index contributed by atoms with van der Waals surface area (Å²) in [5.74, 6) is 0.784. The van der Waals surface area contributed by atoms with Crippen molar-refractivity contribution >= 4 is 5.95 Å². The number of hydrogen-bond acceptors (Lipinski definition) is 6. The van der Waals surface area contributed by atoms with Gasteiger partial charge in [-0.15, -0.1) is 0 Å². The van der Waals surface area contributed by atoms with E-state index in [1.165, 1.54) is 11.6 Å².